The van der Waals surface area contributed by atoms with Crippen molar-refractivity contribution in [3.05, 3.63) is 18.1 Å². The van der Waals surface area contributed by atoms with Gasteiger partial charge in [-0.1, -0.05) is 6.42 Å². The van der Waals surface area contributed by atoms with Gasteiger partial charge in [-0.2, -0.15) is 0 Å². The van der Waals surface area contributed by atoms with Gasteiger partial charge in [-0.25, -0.2) is 4.98 Å². The van der Waals surface area contributed by atoms with Crippen molar-refractivity contribution in [3.63, 3.8) is 0 Å². The largest absolute Gasteiger partial charge is 0.366 e. The van der Waals surface area contributed by atoms with E-state index in [0.717, 1.165) is 18.1 Å². The number of hydrogen-bond donors (Lipinski definition) is 2. The summed E-state index contributed by atoms with van der Waals surface area (Å²) in [6.45, 7) is 2.73. The summed E-state index contributed by atoms with van der Waals surface area (Å²) in [5.41, 5.74) is 6.70. The van der Waals surface area contributed by atoms with Crippen molar-refractivity contribution in [2.75, 3.05) is 11.9 Å². The summed E-state index contributed by atoms with van der Waals surface area (Å²) >= 11 is 0. The van der Waals surface area contributed by atoms with Crippen LogP contribution in [0.1, 0.15) is 25.0 Å². The van der Waals surface area contributed by atoms with E-state index in [2.05, 4.69) is 15.3 Å². The molecule has 0 spiro atoms. The van der Waals surface area contributed by atoms with Crippen molar-refractivity contribution >= 4 is 5.82 Å². The highest BCUT2D eigenvalue weighted by Gasteiger charge is 2.26. The first-order valence-corrected chi connectivity index (χ1v) is 5.55. The highest BCUT2D eigenvalue weighted by atomic mass is 15.0. The number of hydrogen-bond acceptors (Lipinski definition) is 4. The molecule has 0 bridgehead atoms. The van der Waals surface area contributed by atoms with Crippen LogP contribution in [0.25, 0.3) is 0 Å². The molecule has 1 fully saturated rings. The zero-order chi connectivity index (χ0) is 10.7. The first-order chi connectivity index (χ1) is 7.31. The molecule has 2 unspecified atom stereocenters. The van der Waals surface area contributed by atoms with Crippen LogP contribution in [0.15, 0.2) is 12.4 Å². The second kappa shape index (κ2) is 4.57. The predicted molar refractivity (Wildman–Crippen MR) is 60.6 cm³/mol. The lowest BCUT2D eigenvalue weighted by atomic mass is 10.0. The number of aromatic nitrogens is 2. The molecule has 1 aromatic rings. The van der Waals surface area contributed by atoms with Crippen molar-refractivity contribution in [2.24, 2.45) is 11.7 Å². The third-order valence-electron chi connectivity index (χ3n) is 3.17. The van der Waals surface area contributed by atoms with Crippen LogP contribution in [-0.4, -0.2) is 22.6 Å². The zero-order valence-electron chi connectivity index (χ0n) is 9.11. The summed E-state index contributed by atoms with van der Waals surface area (Å²) in [6, 6.07) is 0.477. The Bertz CT molecular complexity index is 326. The van der Waals surface area contributed by atoms with Gasteiger partial charge in [0.25, 0.3) is 0 Å². The number of anilines is 1. The number of nitrogens with zero attached hydrogens (tertiary/aromatic N) is 2. The highest BCUT2D eigenvalue weighted by Crippen LogP contribution is 2.27. The van der Waals surface area contributed by atoms with E-state index in [1.165, 1.54) is 19.3 Å². The Morgan fingerprint density at radius 2 is 2.20 bits per heavy atom. The Hall–Kier alpha value is -1.16. The van der Waals surface area contributed by atoms with Crippen molar-refractivity contribution in [3.8, 4) is 0 Å². The van der Waals surface area contributed by atoms with E-state index in [9.17, 15) is 0 Å². The molecule has 4 nitrogen and oxygen atoms in total. The third kappa shape index (κ3) is 2.26. The quantitative estimate of drug-likeness (QED) is 0.783. The van der Waals surface area contributed by atoms with Gasteiger partial charge in [-0.3, -0.25) is 4.98 Å². The monoisotopic (exact) mass is 206 g/mol. The first-order valence-electron chi connectivity index (χ1n) is 5.55. The van der Waals surface area contributed by atoms with Gasteiger partial charge in [0.05, 0.1) is 5.69 Å². The van der Waals surface area contributed by atoms with Crippen LogP contribution in [0, 0.1) is 12.8 Å². The van der Waals surface area contributed by atoms with E-state index < -0.39 is 0 Å². The summed E-state index contributed by atoms with van der Waals surface area (Å²) in [5, 5.41) is 3.46. The van der Waals surface area contributed by atoms with E-state index in [0.29, 0.717) is 12.0 Å². The molecule has 0 aliphatic heterocycles. The predicted octanol–water partition coefficient (Wildman–Crippen LogP) is 1.32. The van der Waals surface area contributed by atoms with E-state index in [1.807, 2.05) is 6.92 Å². The summed E-state index contributed by atoms with van der Waals surface area (Å²) in [6.07, 6.45) is 7.13. The second-order valence-corrected chi connectivity index (χ2v) is 4.17. The zero-order valence-corrected chi connectivity index (χ0v) is 9.11. The lowest BCUT2D eigenvalue weighted by molar-refractivity contribution is 0.515. The Morgan fingerprint density at radius 1 is 1.40 bits per heavy atom. The topological polar surface area (TPSA) is 63.8 Å². The maximum atomic E-state index is 5.74. The Kier molecular flexibility index (Phi) is 3.16. The molecular weight excluding hydrogens is 188 g/mol. The fourth-order valence-electron chi connectivity index (χ4n) is 2.23. The van der Waals surface area contributed by atoms with Crippen LogP contribution < -0.4 is 11.1 Å². The minimum absolute atomic E-state index is 0.477. The fraction of sp³-hybridized carbons (Fsp3) is 0.636. The molecule has 2 rings (SSSR count). The number of nitrogens with one attached hydrogen (secondary N) is 1. The van der Waals surface area contributed by atoms with Gasteiger partial charge in [0.1, 0.15) is 5.82 Å². The molecule has 0 aromatic carbocycles. The molecule has 2 atom stereocenters. The van der Waals surface area contributed by atoms with Gasteiger partial charge < -0.3 is 11.1 Å². The molecule has 0 radical (unpaired) electrons. The van der Waals surface area contributed by atoms with Crippen LogP contribution >= 0.6 is 0 Å². The van der Waals surface area contributed by atoms with Gasteiger partial charge >= 0.3 is 0 Å². The average molecular weight is 206 g/mol. The Balaban J connectivity index is 2.05. The van der Waals surface area contributed by atoms with Gasteiger partial charge in [0.2, 0.25) is 0 Å². The lowest BCUT2D eigenvalue weighted by Gasteiger charge is -2.20. The van der Waals surface area contributed by atoms with E-state index >= 15 is 0 Å². The molecule has 1 saturated carbocycles. The molecule has 1 aromatic heterocycles. The van der Waals surface area contributed by atoms with E-state index in [4.69, 9.17) is 5.73 Å². The highest BCUT2D eigenvalue weighted by molar-refractivity contribution is 5.39. The summed E-state index contributed by atoms with van der Waals surface area (Å²) in [4.78, 5) is 8.51. The molecular formula is C11H18N4. The van der Waals surface area contributed by atoms with E-state index in [-0.39, 0.29) is 0 Å². The number of nitrogens with two attached hydrogens (primary N) is 1. The molecule has 4 heteroatoms. The van der Waals surface area contributed by atoms with Gasteiger partial charge in [-0.05, 0) is 32.2 Å². The third-order valence-corrected chi connectivity index (χ3v) is 3.17. The Morgan fingerprint density at radius 3 is 2.93 bits per heavy atom. The minimum atomic E-state index is 0.477. The minimum Gasteiger partial charge on any atom is -0.366 e. The van der Waals surface area contributed by atoms with Gasteiger partial charge in [0.15, 0.2) is 0 Å². The average Bonchev–Trinajstić information content (AvgIpc) is 2.69. The van der Waals surface area contributed by atoms with Gasteiger partial charge in [0, 0.05) is 18.4 Å². The van der Waals surface area contributed by atoms with E-state index in [1.54, 1.807) is 12.4 Å². The maximum Gasteiger partial charge on any atom is 0.147 e. The molecule has 15 heavy (non-hydrogen) atoms. The molecule has 0 saturated heterocycles. The second-order valence-electron chi connectivity index (χ2n) is 4.17. The van der Waals surface area contributed by atoms with Crippen LogP contribution in [0.2, 0.25) is 0 Å². The number of aryl methyl sites for hydroxylation is 1. The van der Waals surface area contributed by atoms with Crippen LogP contribution in [0.3, 0.4) is 0 Å². The Labute approximate surface area is 90.3 Å². The standard InChI is InChI=1S/C11H18N4/c1-8-11(14-6-5-13-8)15-10-4-2-3-9(10)7-12/h5-6,9-10H,2-4,7,12H2,1H3,(H,14,15). The molecule has 82 valence electrons. The summed E-state index contributed by atoms with van der Waals surface area (Å²) in [7, 11) is 0. The number of rotatable bonds is 3. The molecule has 1 aliphatic rings. The van der Waals surface area contributed by atoms with Crippen LogP contribution in [0.5, 0.6) is 0 Å². The summed E-state index contributed by atoms with van der Waals surface area (Å²) in [5.74, 6) is 1.49. The summed E-state index contributed by atoms with van der Waals surface area (Å²) < 4.78 is 0. The van der Waals surface area contributed by atoms with Crippen molar-refractivity contribution in [1.82, 2.24) is 9.97 Å². The van der Waals surface area contributed by atoms with Crippen molar-refractivity contribution < 1.29 is 0 Å². The molecule has 3 N–H and O–H groups in total. The molecule has 1 aliphatic carbocycles. The van der Waals surface area contributed by atoms with Crippen LogP contribution in [-0.2, 0) is 0 Å². The maximum absolute atomic E-state index is 5.74. The fourth-order valence-corrected chi connectivity index (χ4v) is 2.23. The van der Waals surface area contributed by atoms with Crippen LogP contribution in [0.4, 0.5) is 5.82 Å². The van der Waals surface area contributed by atoms with Crippen molar-refractivity contribution in [2.45, 2.75) is 32.2 Å². The molecule has 0 amide bonds. The van der Waals surface area contributed by atoms with Gasteiger partial charge in [-0.15, -0.1) is 0 Å². The van der Waals surface area contributed by atoms with Crippen molar-refractivity contribution in [1.29, 1.82) is 0 Å². The smallest absolute Gasteiger partial charge is 0.147 e. The lowest BCUT2D eigenvalue weighted by Crippen LogP contribution is -2.30. The first kappa shape index (κ1) is 10.4. The molecule has 1 heterocycles. The normalized spacial score (nSPS) is 25.5. The SMILES string of the molecule is Cc1nccnc1NC1CCCC1CN.